The Balaban J connectivity index is 1.79. The zero-order valence-corrected chi connectivity index (χ0v) is 12.0. The number of amides is 1. The van der Waals surface area contributed by atoms with Gasteiger partial charge in [-0.25, -0.2) is 4.39 Å². The third kappa shape index (κ3) is 4.08. The van der Waals surface area contributed by atoms with E-state index in [0.29, 0.717) is 0 Å². The Labute approximate surface area is 122 Å². The van der Waals surface area contributed by atoms with Crippen LogP contribution in [0.4, 0.5) is 4.39 Å². The lowest BCUT2D eigenvalue weighted by Gasteiger charge is -2.20. The molecule has 0 radical (unpaired) electrons. The molecule has 0 saturated carbocycles. The van der Waals surface area contributed by atoms with Crippen LogP contribution in [0.15, 0.2) is 18.2 Å². The van der Waals surface area contributed by atoms with Gasteiger partial charge in [-0.2, -0.15) is 0 Å². The second kappa shape index (κ2) is 6.90. The maximum atomic E-state index is 12.9. The molecule has 4 nitrogen and oxygen atoms in total. The number of hydrogen-bond donors (Lipinski definition) is 1. The summed E-state index contributed by atoms with van der Waals surface area (Å²) in [6, 6.07) is 3.71. The molecule has 1 aromatic rings. The minimum atomic E-state index is -0.446. The van der Waals surface area contributed by atoms with Gasteiger partial charge in [0.1, 0.15) is 11.6 Å². The van der Waals surface area contributed by atoms with Gasteiger partial charge in [0.15, 0.2) is 6.61 Å². The Bertz CT molecular complexity index is 477. The number of rotatable bonds is 5. The number of ether oxygens (including phenoxy) is 2. The Morgan fingerprint density at radius 2 is 2.45 bits per heavy atom. The molecule has 0 spiro atoms. The number of hydrogen-bond acceptors (Lipinski definition) is 3. The van der Waals surface area contributed by atoms with Gasteiger partial charge in [-0.3, -0.25) is 4.79 Å². The zero-order valence-electron chi connectivity index (χ0n) is 11.2. The molecule has 2 rings (SSSR count). The quantitative estimate of drug-likeness (QED) is 0.909. The summed E-state index contributed by atoms with van der Waals surface area (Å²) in [4.78, 5) is 11.8. The van der Waals surface area contributed by atoms with Crippen LogP contribution in [0.3, 0.4) is 0 Å². The van der Waals surface area contributed by atoms with Crippen molar-refractivity contribution in [3.05, 3.63) is 29.0 Å². The van der Waals surface area contributed by atoms with E-state index in [1.54, 1.807) is 0 Å². The molecule has 0 aliphatic carbocycles. The highest BCUT2D eigenvalue weighted by atomic mass is 35.5. The van der Waals surface area contributed by atoms with E-state index in [0.717, 1.165) is 25.5 Å². The van der Waals surface area contributed by atoms with Gasteiger partial charge in [-0.05, 0) is 38.0 Å². The fraction of sp³-hybridized carbons (Fsp3) is 0.500. The first-order chi connectivity index (χ1) is 9.56. The smallest absolute Gasteiger partial charge is 0.258 e. The van der Waals surface area contributed by atoms with Crippen LogP contribution in [0, 0.1) is 5.82 Å². The largest absolute Gasteiger partial charge is 0.482 e. The zero-order chi connectivity index (χ0) is 14.5. The standard InChI is InChI=1S/C14H17ClFNO3/c1-9(12-3-2-6-19-12)17-14(18)8-20-13-5-4-10(16)7-11(13)15/h4-5,7,9,12H,2-3,6,8H2,1H3,(H,17,18). The van der Waals surface area contributed by atoms with Crippen LogP contribution in [0.25, 0.3) is 0 Å². The second-order valence-electron chi connectivity index (χ2n) is 4.77. The van der Waals surface area contributed by atoms with Crippen molar-refractivity contribution in [3.8, 4) is 5.75 Å². The van der Waals surface area contributed by atoms with Gasteiger partial charge in [0.25, 0.3) is 5.91 Å². The van der Waals surface area contributed by atoms with Crippen LogP contribution < -0.4 is 10.1 Å². The molecular formula is C14H17ClFNO3. The maximum absolute atomic E-state index is 12.9. The van der Waals surface area contributed by atoms with Gasteiger partial charge in [0, 0.05) is 6.61 Å². The lowest BCUT2D eigenvalue weighted by molar-refractivity contribution is -0.124. The van der Waals surface area contributed by atoms with E-state index in [9.17, 15) is 9.18 Å². The van der Waals surface area contributed by atoms with Crippen LogP contribution >= 0.6 is 11.6 Å². The Hall–Kier alpha value is -1.33. The summed E-state index contributed by atoms with van der Waals surface area (Å²) in [5, 5.41) is 2.96. The van der Waals surface area contributed by atoms with Gasteiger partial charge in [0.05, 0.1) is 17.2 Å². The van der Waals surface area contributed by atoms with Crippen molar-refractivity contribution in [2.24, 2.45) is 0 Å². The highest BCUT2D eigenvalue weighted by molar-refractivity contribution is 6.32. The van der Waals surface area contributed by atoms with Crippen molar-refractivity contribution in [1.29, 1.82) is 0 Å². The molecule has 1 heterocycles. The van der Waals surface area contributed by atoms with Gasteiger partial charge < -0.3 is 14.8 Å². The maximum Gasteiger partial charge on any atom is 0.258 e. The molecule has 20 heavy (non-hydrogen) atoms. The minimum absolute atomic E-state index is 0.0581. The molecule has 1 N–H and O–H groups in total. The van der Waals surface area contributed by atoms with E-state index >= 15 is 0 Å². The van der Waals surface area contributed by atoms with Crippen LogP contribution in [0.1, 0.15) is 19.8 Å². The average Bonchev–Trinajstić information content (AvgIpc) is 2.91. The van der Waals surface area contributed by atoms with Gasteiger partial charge in [0.2, 0.25) is 0 Å². The van der Waals surface area contributed by atoms with Crippen molar-refractivity contribution >= 4 is 17.5 Å². The van der Waals surface area contributed by atoms with Crippen molar-refractivity contribution in [1.82, 2.24) is 5.32 Å². The number of nitrogens with one attached hydrogen (secondary N) is 1. The Kier molecular flexibility index (Phi) is 5.20. The number of carbonyl (C=O) groups excluding carboxylic acids is 1. The van der Waals surface area contributed by atoms with Crippen LogP contribution in [-0.2, 0) is 9.53 Å². The van der Waals surface area contributed by atoms with E-state index in [1.165, 1.54) is 12.1 Å². The SMILES string of the molecule is CC(NC(=O)COc1ccc(F)cc1Cl)C1CCCO1. The first kappa shape index (κ1) is 15.1. The topological polar surface area (TPSA) is 47.6 Å². The Morgan fingerprint density at radius 3 is 3.10 bits per heavy atom. The fourth-order valence-electron chi connectivity index (χ4n) is 2.12. The number of carbonyl (C=O) groups is 1. The number of halogens is 2. The molecule has 1 aromatic carbocycles. The molecule has 6 heteroatoms. The van der Waals surface area contributed by atoms with Crippen LogP contribution in [0.5, 0.6) is 5.75 Å². The molecule has 0 aromatic heterocycles. The summed E-state index contributed by atoms with van der Waals surface area (Å²) in [5.41, 5.74) is 0. The van der Waals surface area contributed by atoms with Crippen molar-refractivity contribution in [2.75, 3.05) is 13.2 Å². The molecule has 0 bridgehead atoms. The summed E-state index contributed by atoms with van der Waals surface area (Å²) < 4.78 is 23.6. The molecule has 1 saturated heterocycles. The van der Waals surface area contributed by atoms with Crippen LogP contribution in [-0.4, -0.2) is 31.3 Å². The first-order valence-corrected chi connectivity index (χ1v) is 6.93. The van der Waals surface area contributed by atoms with Gasteiger partial charge >= 0.3 is 0 Å². The third-order valence-corrected chi connectivity index (χ3v) is 3.46. The predicted octanol–water partition coefficient (Wildman–Crippen LogP) is 2.54. The van der Waals surface area contributed by atoms with E-state index < -0.39 is 5.82 Å². The number of benzene rings is 1. The van der Waals surface area contributed by atoms with Crippen molar-refractivity contribution in [3.63, 3.8) is 0 Å². The second-order valence-corrected chi connectivity index (χ2v) is 5.18. The van der Waals surface area contributed by atoms with Crippen molar-refractivity contribution in [2.45, 2.75) is 31.9 Å². The van der Waals surface area contributed by atoms with E-state index in [-0.39, 0.29) is 35.4 Å². The van der Waals surface area contributed by atoms with E-state index in [1.807, 2.05) is 6.92 Å². The molecule has 2 unspecified atom stereocenters. The average molecular weight is 302 g/mol. The molecule has 1 fully saturated rings. The molecule has 2 atom stereocenters. The molecular weight excluding hydrogens is 285 g/mol. The monoisotopic (exact) mass is 301 g/mol. The first-order valence-electron chi connectivity index (χ1n) is 6.55. The third-order valence-electron chi connectivity index (χ3n) is 3.16. The van der Waals surface area contributed by atoms with Crippen LogP contribution in [0.2, 0.25) is 5.02 Å². The predicted molar refractivity (Wildman–Crippen MR) is 73.5 cm³/mol. The van der Waals surface area contributed by atoms with Crippen molar-refractivity contribution < 1.29 is 18.7 Å². The van der Waals surface area contributed by atoms with E-state index in [2.05, 4.69) is 5.32 Å². The molecule has 1 aliphatic heterocycles. The van der Waals surface area contributed by atoms with Gasteiger partial charge in [-0.15, -0.1) is 0 Å². The summed E-state index contributed by atoms with van der Waals surface area (Å²) in [7, 11) is 0. The normalized spacial score (nSPS) is 19.6. The summed E-state index contributed by atoms with van der Waals surface area (Å²) in [5.74, 6) is -0.416. The van der Waals surface area contributed by atoms with Gasteiger partial charge in [-0.1, -0.05) is 11.6 Å². The summed E-state index contributed by atoms with van der Waals surface area (Å²) in [6.45, 7) is 2.48. The fourth-order valence-corrected chi connectivity index (χ4v) is 2.34. The Morgan fingerprint density at radius 1 is 1.65 bits per heavy atom. The van der Waals surface area contributed by atoms with E-state index in [4.69, 9.17) is 21.1 Å². The minimum Gasteiger partial charge on any atom is -0.482 e. The molecule has 1 aliphatic rings. The summed E-state index contributed by atoms with van der Waals surface area (Å²) >= 11 is 5.81. The lowest BCUT2D eigenvalue weighted by Crippen LogP contribution is -2.42. The lowest BCUT2D eigenvalue weighted by atomic mass is 10.1. The molecule has 110 valence electrons. The highest BCUT2D eigenvalue weighted by Crippen LogP contribution is 2.24. The molecule has 1 amide bonds. The summed E-state index contributed by atoms with van der Waals surface area (Å²) in [6.07, 6.45) is 2.03. The highest BCUT2D eigenvalue weighted by Gasteiger charge is 2.23.